The van der Waals surface area contributed by atoms with Crippen molar-refractivity contribution in [2.45, 2.75) is 45.6 Å². The topological polar surface area (TPSA) is 44.4 Å². The average molecular weight is 332 g/mol. The van der Waals surface area contributed by atoms with Crippen molar-refractivity contribution >= 4 is 5.91 Å². The number of likely N-dealkylation sites (tertiary alicyclic amines) is 1. The van der Waals surface area contributed by atoms with Crippen LogP contribution in [-0.4, -0.2) is 44.0 Å². The van der Waals surface area contributed by atoms with E-state index in [0.29, 0.717) is 6.54 Å². The molecule has 4 heteroatoms. The molecule has 0 bridgehead atoms. The van der Waals surface area contributed by atoms with E-state index >= 15 is 0 Å². The number of carbonyl (C=O) groups excluding carboxylic acids is 1. The monoisotopic (exact) mass is 331 g/mol. The van der Waals surface area contributed by atoms with Gasteiger partial charge in [0.05, 0.1) is 12.6 Å². The summed E-state index contributed by atoms with van der Waals surface area (Å²) in [4.78, 5) is 14.6. The Balaban J connectivity index is 1.72. The van der Waals surface area contributed by atoms with Crippen molar-refractivity contribution in [3.8, 4) is 0 Å². The van der Waals surface area contributed by atoms with Crippen molar-refractivity contribution in [2.75, 3.05) is 33.2 Å². The van der Waals surface area contributed by atoms with Crippen LogP contribution in [0, 0.1) is 5.92 Å². The van der Waals surface area contributed by atoms with Gasteiger partial charge in [-0.05, 0) is 76.3 Å². The lowest BCUT2D eigenvalue weighted by Crippen LogP contribution is -2.42. The molecular formula is C20H33N3O. The van der Waals surface area contributed by atoms with Gasteiger partial charge in [-0.1, -0.05) is 31.2 Å². The van der Waals surface area contributed by atoms with Crippen LogP contribution in [0.1, 0.15) is 50.3 Å². The fourth-order valence-electron chi connectivity index (χ4n) is 3.40. The number of piperidine rings is 1. The van der Waals surface area contributed by atoms with Crippen LogP contribution in [0.3, 0.4) is 0 Å². The first kappa shape index (κ1) is 18.9. The van der Waals surface area contributed by atoms with Crippen molar-refractivity contribution in [3.05, 3.63) is 35.4 Å². The number of hydrogen-bond donors (Lipinski definition) is 2. The molecule has 0 saturated carbocycles. The van der Waals surface area contributed by atoms with Gasteiger partial charge < -0.3 is 10.6 Å². The van der Waals surface area contributed by atoms with Crippen LogP contribution in [0.15, 0.2) is 24.3 Å². The fraction of sp³-hybridized carbons (Fsp3) is 0.650. The maximum absolute atomic E-state index is 12.3. The number of nitrogens with one attached hydrogen (secondary N) is 2. The van der Waals surface area contributed by atoms with Crippen molar-refractivity contribution < 1.29 is 4.79 Å². The van der Waals surface area contributed by atoms with Crippen LogP contribution in [-0.2, 0) is 11.2 Å². The van der Waals surface area contributed by atoms with Crippen LogP contribution in [0.2, 0.25) is 0 Å². The van der Waals surface area contributed by atoms with Gasteiger partial charge in [-0.25, -0.2) is 0 Å². The quantitative estimate of drug-likeness (QED) is 0.770. The van der Waals surface area contributed by atoms with E-state index in [0.717, 1.165) is 32.0 Å². The number of amides is 1. The molecule has 4 nitrogen and oxygen atoms in total. The van der Waals surface area contributed by atoms with Gasteiger partial charge in [-0.2, -0.15) is 0 Å². The summed E-state index contributed by atoms with van der Waals surface area (Å²) >= 11 is 0. The summed E-state index contributed by atoms with van der Waals surface area (Å²) in [6.07, 6.45) is 4.72. The van der Waals surface area contributed by atoms with Crippen molar-refractivity contribution in [3.63, 3.8) is 0 Å². The van der Waals surface area contributed by atoms with E-state index < -0.39 is 0 Å². The molecule has 0 aromatic heterocycles. The zero-order valence-corrected chi connectivity index (χ0v) is 15.5. The molecule has 1 aromatic carbocycles. The predicted molar refractivity (Wildman–Crippen MR) is 100 cm³/mol. The van der Waals surface area contributed by atoms with E-state index in [9.17, 15) is 4.79 Å². The minimum Gasteiger partial charge on any atom is -0.348 e. The van der Waals surface area contributed by atoms with Crippen molar-refractivity contribution in [1.29, 1.82) is 0 Å². The number of rotatable bonds is 8. The van der Waals surface area contributed by atoms with Crippen molar-refractivity contribution in [2.24, 2.45) is 5.92 Å². The predicted octanol–water partition coefficient (Wildman–Crippen LogP) is 2.75. The third-order valence-corrected chi connectivity index (χ3v) is 5.14. The van der Waals surface area contributed by atoms with Gasteiger partial charge in [-0.15, -0.1) is 0 Å². The van der Waals surface area contributed by atoms with Crippen LogP contribution in [0.25, 0.3) is 0 Å². The molecule has 0 aliphatic carbocycles. The molecule has 24 heavy (non-hydrogen) atoms. The minimum atomic E-state index is 0.0663. The lowest BCUT2D eigenvalue weighted by atomic mass is 9.93. The number of hydrogen-bond acceptors (Lipinski definition) is 3. The summed E-state index contributed by atoms with van der Waals surface area (Å²) in [6.45, 7) is 7.92. The molecule has 1 unspecified atom stereocenters. The Kier molecular flexibility index (Phi) is 7.73. The Morgan fingerprint density at radius 3 is 2.50 bits per heavy atom. The summed E-state index contributed by atoms with van der Waals surface area (Å²) in [6, 6.07) is 8.60. The lowest BCUT2D eigenvalue weighted by Gasteiger charge is -2.31. The zero-order valence-electron chi connectivity index (χ0n) is 15.5. The highest BCUT2D eigenvalue weighted by Crippen LogP contribution is 2.20. The third-order valence-electron chi connectivity index (χ3n) is 5.14. The van der Waals surface area contributed by atoms with Gasteiger partial charge in [0, 0.05) is 0 Å². The normalized spacial score (nSPS) is 17.6. The Morgan fingerprint density at radius 2 is 1.92 bits per heavy atom. The van der Waals surface area contributed by atoms with Gasteiger partial charge in [0.15, 0.2) is 0 Å². The molecule has 1 fully saturated rings. The third kappa shape index (κ3) is 5.91. The van der Waals surface area contributed by atoms with E-state index in [1.54, 1.807) is 0 Å². The lowest BCUT2D eigenvalue weighted by molar-refractivity contribution is -0.123. The molecule has 2 rings (SSSR count). The van der Waals surface area contributed by atoms with Crippen molar-refractivity contribution in [1.82, 2.24) is 15.5 Å². The SMILES string of the molecule is CCc1ccc(C(C)NC(=O)CN2CCC(CCNC)CC2)cc1. The summed E-state index contributed by atoms with van der Waals surface area (Å²) in [5.41, 5.74) is 2.50. The van der Waals surface area contributed by atoms with Gasteiger partial charge in [0.25, 0.3) is 0 Å². The second-order valence-electron chi connectivity index (χ2n) is 7.00. The van der Waals surface area contributed by atoms with Crippen LogP contribution >= 0.6 is 0 Å². The van der Waals surface area contributed by atoms with Crippen LogP contribution in [0.4, 0.5) is 0 Å². The summed E-state index contributed by atoms with van der Waals surface area (Å²) in [5.74, 6) is 0.948. The van der Waals surface area contributed by atoms with E-state index in [2.05, 4.69) is 53.6 Å². The van der Waals surface area contributed by atoms with E-state index in [1.165, 1.54) is 30.4 Å². The number of benzene rings is 1. The molecule has 1 amide bonds. The average Bonchev–Trinajstić information content (AvgIpc) is 2.61. The molecule has 0 spiro atoms. The first-order valence-electron chi connectivity index (χ1n) is 9.37. The summed E-state index contributed by atoms with van der Waals surface area (Å²) < 4.78 is 0. The highest BCUT2D eigenvalue weighted by atomic mass is 16.2. The second-order valence-corrected chi connectivity index (χ2v) is 7.00. The Hall–Kier alpha value is -1.39. The standard InChI is InChI=1S/C20H33N3O/c1-4-17-5-7-19(8-6-17)16(2)22-20(24)15-23-13-10-18(11-14-23)9-12-21-3/h5-8,16,18,21H,4,9-15H2,1-3H3,(H,22,24). The molecule has 1 saturated heterocycles. The first-order chi connectivity index (χ1) is 11.6. The Bertz CT molecular complexity index is 492. The van der Waals surface area contributed by atoms with Gasteiger partial charge in [-0.3, -0.25) is 9.69 Å². The second kappa shape index (κ2) is 9.80. The maximum Gasteiger partial charge on any atom is 0.234 e. The largest absolute Gasteiger partial charge is 0.348 e. The first-order valence-corrected chi connectivity index (χ1v) is 9.37. The number of nitrogens with zero attached hydrogens (tertiary/aromatic N) is 1. The molecule has 2 N–H and O–H groups in total. The minimum absolute atomic E-state index is 0.0663. The van der Waals surface area contributed by atoms with Crippen LogP contribution in [0.5, 0.6) is 0 Å². The highest BCUT2D eigenvalue weighted by molar-refractivity contribution is 5.78. The molecule has 1 atom stereocenters. The molecule has 0 radical (unpaired) electrons. The highest BCUT2D eigenvalue weighted by Gasteiger charge is 2.21. The van der Waals surface area contributed by atoms with Gasteiger partial charge in [0.1, 0.15) is 0 Å². The molecule has 1 aromatic rings. The maximum atomic E-state index is 12.3. The zero-order chi connectivity index (χ0) is 17.4. The van der Waals surface area contributed by atoms with Gasteiger partial charge in [0.2, 0.25) is 5.91 Å². The van der Waals surface area contributed by atoms with Gasteiger partial charge >= 0.3 is 0 Å². The summed E-state index contributed by atoms with van der Waals surface area (Å²) in [7, 11) is 2.01. The fourth-order valence-corrected chi connectivity index (χ4v) is 3.40. The summed E-state index contributed by atoms with van der Waals surface area (Å²) in [5, 5.41) is 6.36. The molecule has 1 aliphatic heterocycles. The number of aryl methyl sites for hydroxylation is 1. The smallest absolute Gasteiger partial charge is 0.234 e. The Labute approximate surface area is 147 Å². The molecule has 134 valence electrons. The van der Waals surface area contributed by atoms with E-state index in [-0.39, 0.29) is 11.9 Å². The van der Waals surface area contributed by atoms with E-state index in [1.807, 2.05) is 7.05 Å². The van der Waals surface area contributed by atoms with E-state index in [4.69, 9.17) is 0 Å². The molecule has 1 heterocycles. The Morgan fingerprint density at radius 1 is 1.25 bits per heavy atom. The van der Waals surface area contributed by atoms with Crippen LogP contribution < -0.4 is 10.6 Å². The molecular weight excluding hydrogens is 298 g/mol. The molecule has 1 aliphatic rings. The number of carbonyl (C=O) groups is 1.